The third-order valence-electron chi connectivity index (χ3n) is 3.28. The summed E-state index contributed by atoms with van der Waals surface area (Å²) in [6.45, 7) is 0. The lowest BCUT2D eigenvalue weighted by Gasteiger charge is -2.25. The fourth-order valence-corrected chi connectivity index (χ4v) is 3.73. The molecule has 0 aromatic carbocycles. The zero-order valence-corrected chi connectivity index (χ0v) is 10.5. The van der Waals surface area contributed by atoms with Crippen LogP contribution in [0.15, 0.2) is 23.1 Å². The van der Waals surface area contributed by atoms with Gasteiger partial charge in [0, 0.05) is 5.25 Å². The van der Waals surface area contributed by atoms with Crippen LogP contribution in [0.25, 0.3) is 0 Å². The van der Waals surface area contributed by atoms with E-state index in [-0.39, 0.29) is 6.42 Å². The van der Waals surface area contributed by atoms with E-state index >= 15 is 0 Å². The van der Waals surface area contributed by atoms with Gasteiger partial charge < -0.3 is 0 Å². The molecule has 0 N–H and O–H groups in total. The van der Waals surface area contributed by atoms with Gasteiger partial charge in [0.15, 0.2) is 0 Å². The summed E-state index contributed by atoms with van der Waals surface area (Å²) in [6, 6.07) is 0. The van der Waals surface area contributed by atoms with Crippen LogP contribution in [-0.2, 0) is 0 Å². The van der Waals surface area contributed by atoms with Gasteiger partial charge in [0.05, 0.1) is 5.92 Å². The molecule has 0 bridgehead atoms. The van der Waals surface area contributed by atoms with Crippen LogP contribution in [0.1, 0.15) is 38.5 Å². The molecule has 2 rings (SSSR count). The Morgan fingerprint density at radius 2 is 2.00 bits per heavy atom. The first-order valence-corrected chi connectivity index (χ1v) is 7.03. The smallest absolute Gasteiger partial charge is 0.170 e. The van der Waals surface area contributed by atoms with Gasteiger partial charge in [-0.05, 0) is 43.4 Å². The molecule has 0 nitrogen and oxygen atoms in total. The molecule has 2 aliphatic carbocycles. The molecule has 4 heteroatoms. The van der Waals surface area contributed by atoms with E-state index in [2.05, 4.69) is 12.2 Å². The molecule has 0 spiro atoms. The van der Waals surface area contributed by atoms with Crippen molar-refractivity contribution in [2.75, 3.05) is 0 Å². The van der Waals surface area contributed by atoms with Gasteiger partial charge in [-0.1, -0.05) is 18.2 Å². The van der Waals surface area contributed by atoms with Crippen molar-refractivity contribution in [3.63, 3.8) is 0 Å². The minimum Gasteiger partial charge on any atom is -0.170 e. The zero-order valence-electron chi connectivity index (χ0n) is 9.67. The van der Waals surface area contributed by atoms with Crippen molar-refractivity contribution in [3.8, 4) is 0 Å². The number of thioether (sulfide) groups is 1. The molecule has 0 aliphatic heterocycles. The van der Waals surface area contributed by atoms with Crippen LogP contribution in [0.3, 0.4) is 0 Å². The third-order valence-corrected chi connectivity index (χ3v) is 4.69. The Labute approximate surface area is 104 Å². The maximum atomic E-state index is 12.6. The van der Waals surface area contributed by atoms with E-state index in [9.17, 15) is 13.2 Å². The molecule has 2 unspecified atom stereocenters. The summed E-state index contributed by atoms with van der Waals surface area (Å²) in [5.41, 5.74) is 0. The summed E-state index contributed by atoms with van der Waals surface area (Å²) in [5, 5.41) is 0.484. The zero-order chi connectivity index (χ0) is 12.3. The number of alkyl halides is 3. The first-order chi connectivity index (χ1) is 8.05. The highest BCUT2D eigenvalue weighted by Gasteiger charge is 2.39. The largest absolute Gasteiger partial charge is 0.395 e. The molecule has 0 heterocycles. The molecule has 2 aliphatic rings. The average molecular weight is 262 g/mol. The highest BCUT2D eigenvalue weighted by molar-refractivity contribution is 8.03. The van der Waals surface area contributed by atoms with E-state index in [1.54, 1.807) is 11.8 Å². The SMILES string of the molecule is FC(F)(F)C1C=C(SC2CC=CCC2)CCC1. The molecule has 0 aromatic heterocycles. The molecule has 0 saturated heterocycles. The standard InChI is InChI=1S/C13H17F3S/c14-13(15,16)10-5-4-8-12(9-10)17-11-6-2-1-3-7-11/h1-2,9-11H,3-8H2. The number of hydrogen-bond acceptors (Lipinski definition) is 1. The lowest BCUT2D eigenvalue weighted by molar-refractivity contribution is -0.163. The van der Waals surface area contributed by atoms with Crippen LogP contribution in [0.5, 0.6) is 0 Å². The normalized spacial score (nSPS) is 30.2. The van der Waals surface area contributed by atoms with Crippen molar-refractivity contribution in [1.29, 1.82) is 0 Å². The Balaban J connectivity index is 1.95. The molecule has 0 amide bonds. The Bertz CT molecular complexity index is 317. The van der Waals surface area contributed by atoms with Gasteiger partial charge >= 0.3 is 6.18 Å². The first-order valence-electron chi connectivity index (χ1n) is 6.15. The molecule has 0 radical (unpaired) electrons. The van der Waals surface area contributed by atoms with Gasteiger partial charge in [-0.3, -0.25) is 0 Å². The number of rotatable bonds is 2. The molecule has 0 saturated carbocycles. The second-order valence-corrected chi connectivity index (χ2v) is 6.12. The summed E-state index contributed by atoms with van der Waals surface area (Å²) < 4.78 is 37.9. The van der Waals surface area contributed by atoms with E-state index in [4.69, 9.17) is 0 Å². The lowest BCUT2D eigenvalue weighted by Crippen LogP contribution is -2.23. The summed E-state index contributed by atoms with van der Waals surface area (Å²) in [4.78, 5) is 0.957. The van der Waals surface area contributed by atoms with Crippen LogP contribution in [0.4, 0.5) is 13.2 Å². The Morgan fingerprint density at radius 1 is 1.18 bits per heavy atom. The number of allylic oxidation sites excluding steroid dienone is 4. The minimum atomic E-state index is -4.06. The summed E-state index contributed by atoms with van der Waals surface area (Å²) in [7, 11) is 0. The Kier molecular flexibility index (Phi) is 4.23. The molecule has 2 atom stereocenters. The van der Waals surface area contributed by atoms with Crippen molar-refractivity contribution in [2.24, 2.45) is 5.92 Å². The molecule has 0 fully saturated rings. The van der Waals surface area contributed by atoms with Crippen LogP contribution >= 0.6 is 11.8 Å². The third kappa shape index (κ3) is 3.80. The fourth-order valence-electron chi connectivity index (χ4n) is 2.33. The van der Waals surface area contributed by atoms with E-state index in [0.29, 0.717) is 11.7 Å². The monoisotopic (exact) mass is 262 g/mol. The van der Waals surface area contributed by atoms with Crippen LogP contribution in [0, 0.1) is 5.92 Å². The Hall–Kier alpha value is -0.380. The second-order valence-electron chi connectivity index (χ2n) is 4.70. The van der Waals surface area contributed by atoms with Gasteiger partial charge in [0.2, 0.25) is 0 Å². The van der Waals surface area contributed by atoms with Crippen LogP contribution in [-0.4, -0.2) is 11.4 Å². The molecular formula is C13H17F3S. The molecular weight excluding hydrogens is 245 g/mol. The van der Waals surface area contributed by atoms with Crippen molar-refractivity contribution in [2.45, 2.75) is 50.0 Å². The highest BCUT2D eigenvalue weighted by Crippen LogP contribution is 2.41. The minimum absolute atomic E-state index is 0.262. The Morgan fingerprint density at radius 3 is 2.65 bits per heavy atom. The van der Waals surface area contributed by atoms with Crippen molar-refractivity contribution in [1.82, 2.24) is 0 Å². The predicted octanol–water partition coefficient (Wildman–Crippen LogP) is 5.07. The van der Waals surface area contributed by atoms with Crippen LogP contribution in [0.2, 0.25) is 0 Å². The van der Waals surface area contributed by atoms with Gasteiger partial charge in [-0.2, -0.15) is 13.2 Å². The maximum Gasteiger partial charge on any atom is 0.395 e. The predicted molar refractivity (Wildman–Crippen MR) is 65.8 cm³/mol. The molecule has 96 valence electrons. The van der Waals surface area contributed by atoms with E-state index in [0.717, 1.165) is 30.6 Å². The van der Waals surface area contributed by atoms with E-state index in [1.165, 1.54) is 6.08 Å². The molecule has 0 aromatic rings. The van der Waals surface area contributed by atoms with E-state index < -0.39 is 12.1 Å². The van der Waals surface area contributed by atoms with Crippen molar-refractivity contribution in [3.05, 3.63) is 23.1 Å². The van der Waals surface area contributed by atoms with Gasteiger partial charge in [-0.15, -0.1) is 11.8 Å². The van der Waals surface area contributed by atoms with Gasteiger partial charge in [0.1, 0.15) is 0 Å². The van der Waals surface area contributed by atoms with Crippen LogP contribution < -0.4 is 0 Å². The quantitative estimate of drug-likeness (QED) is 0.626. The van der Waals surface area contributed by atoms with E-state index in [1.807, 2.05) is 0 Å². The average Bonchev–Trinajstić information content (AvgIpc) is 2.29. The van der Waals surface area contributed by atoms with Gasteiger partial charge in [-0.25, -0.2) is 0 Å². The summed E-state index contributed by atoms with van der Waals surface area (Å²) in [5.74, 6) is -1.21. The van der Waals surface area contributed by atoms with Crippen molar-refractivity contribution >= 4 is 11.8 Å². The summed E-state index contributed by atoms with van der Waals surface area (Å²) in [6.07, 6.45) is 6.63. The van der Waals surface area contributed by atoms with Crippen molar-refractivity contribution < 1.29 is 13.2 Å². The highest BCUT2D eigenvalue weighted by atomic mass is 32.2. The molecule has 17 heavy (non-hydrogen) atoms. The number of halogens is 3. The summed E-state index contributed by atoms with van der Waals surface area (Å²) >= 11 is 1.67. The van der Waals surface area contributed by atoms with Gasteiger partial charge in [0.25, 0.3) is 0 Å². The fraction of sp³-hybridized carbons (Fsp3) is 0.692. The topological polar surface area (TPSA) is 0 Å². The first kappa shape index (κ1) is 13.1. The second kappa shape index (κ2) is 5.51. The number of hydrogen-bond donors (Lipinski definition) is 0. The lowest BCUT2D eigenvalue weighted by atomic mass is 9.95. The maximum absolute atomic E-state index is 12.6.